The molecule has 34 heavy (non-hydrogen) atoms. The van der Waals surface area contributed by atoms with E-state index in [0.717, 1.165) is 11.1 Å². The summed E-state index contributed by atoms with van der Waals surface area (Å²) >= 11 is 0. The van der Waals surface area contributed by atoms with Crippen molar-refractivity contribution in [3.05, 3.63) is 70.8 Å². The Balaban J connectivity index is 1.43. The number of ether oxygens (including phenoxy) is 1. The fraction of sp³-hybridized carbons (Fsp3) is 0.292. The fourth-order valence-electron chi connectivity index (χ4n) is 4.15. The number of carbonyl (C=O) groups is 5. The summed E-state index contributed by atoms with van der Waals surface area (Å²) in [6.45, 7) is 0.420. The molecule has 1 saturated heterocycles. The summed E-state index contributed by atoms with van der Waals surface area (Å²) in [6.07, 6.45) is -0.245. The van der Waals surface area contributed by atoms with Gasteiger partial charge < -0.3 is 20.3 Å². The predicted octanol–water partition coefficient (Wildman–Crippen LogP) is 1.16. The second kappa shape index (κ2) is 9.74. The first-order valence-corrected chi connectivity index (χ1v) is 10.8. The van der Waals surface area contributed by atoms with Gasteiger partial charge in [-0.25, -0.2) is 4.79 Å². The highest BCUT2D eigenvalue weighted by Gasteiger charge is 2.39. The van der Waals surface area contributed by atoms with Crippen LogP contribution in [0.1, 0.15) is 45.9 Å². The van der Waals surface area contributed by atoms with Gasteiger partial charge in [0, 0.05) is 25.1 Å². The van der Waals surface area contributed by atoms with Gasteiger partial charge in [0.05, 0.1) is 7.11 Å². The first kappa shape index (κ1) is 23.0. The Kier molecular flexibility index (Phi) is 6.58. The van der Waals surface area contributed by atoms with Crippen molar-refractivity contribution < 1.29 is 28.7 Å². The minimum Gasteiger partial charge on any atom is -0.453 e. The summed E-state index contributed by atoms with van der Waals surface area (Å²) in [4.78, 5) is 62.5. The molecule has 0 radical (unpaired) electrons. The van der Waals surface area contributed by atoms with Crippen LogP contribution in [-0.4, -0.2) is 47.8 Å². The molecule has 4 rings (SSSR count). The smallest absolute Gasteiger partial charge is 0.407 e. The summed E-state index contributed by atoms with van der Waals surface area (Å²) in [7, 11) is 1.22. The van der Waals surface area contributed by atoms with Crippen molar-refractivity contribution in [2.75, 3.05) is 7.11 Å². The lowest BCUT2D eigenvalue weighted by Crippen LogP contribution is -2.52. The molecular formula is C24H24N4O6. The number of nitrogens with one attached hydrogen (secondary N) is 3. The van der Waals surface area contributed by atoms with Crippen molar-refractivity contribution in [3.63, 3.8) is 0 Å². The minimum absolute atomic E-state index is 0.172. The van der Waals surface area contributed by atoms with Gasteiger partial charge in [0.15, 0.2) is 0 Å². The number of hydrogen-bond donors (Lipinski definition) is 3. The summed E-state index contributed by atoms with van der Waals surface area (Å²) in [5.41, 5.74) is 2.60. The summed E-state index contributed by atoms with van der Waals surface area (Å²) in [5, 5.41) is 7.62. The van der Waals surface area contributed by atoms with E-state index in [-0.39, 0.29) is 31.3 Å². The molecule has 0 aromatic heterocycles. The van der Waals surface area contributed by atoms with E-state index in [1.54, 1.807) is 42.5 Å². The number of alkyl carbamates (subject to hydrolysis) is 1. The van der Waals surface area contributed by atoms with Gasteiger partial charge in [-0.15, -0.1) is 0 Å². The maximum Gasteiger partial charge on any atom is 0.407 e. The number of rotatable bonds is 6. The maximum atomic E-state index is 12.9. The quantitative estimate of drug-likeness (QED) is 0.550. The van der Waals surface area contributed by atoms with Crippen molar-refractivity contribution in [2.24, 2.45) is 0 Å². The zero-order chi connectivity index (χ0) is 24.2. The van der Waals surface area contributed by atoms with Crippen LogP contribution >= 0.6 is 0 Å². The normalized spacial score (nSPS) is 18.1. The Bertz CT molecular complexity index is 1150. The maximum absolute atomic E-state index is 12.9. The molecule has 0 bridgehead atoms. The van der Waals surface area contributed by atoms with Gasteiger partial charge in [0.1, 0.15) is 12.1 Å². The van der Waals surface area contributed by atoms with E-state index in [1.165, 1.54) is 12.0 Å². The third kappa shape index (κ3) is 4.75. The van der Waals surface area contributed by atoms with Crippen LogP contribution in [0.3, 0.4) is 0 Å². The van der Waals surface area contributed by atoms with Gasteiger partial charge in [-0.1, -0.05) is 42.5 Å². The highest BCUT2D eigenvalue weighted by atomic mass is 16.5. The number of imide groups is 1. The second-order valence-electron chi connectivity index (χ2n) is 8.09. The summed E-state index contributed by atoms with van der Waals surface area (Å²) in [5.74, 6) is -1.47. The van der Waals surface area contributed by atoms with Crippen molar-refractivity contribution >= 4 is 29.7 Å². The molecule has 3 N–H and O–H groups in total. The van der Waals surface area contributed by atoms with E-state index >= 15 is 0 Å². The van der Waals surface area contributed by atoms with Crippen LogP contribution in [0, 0.1) is 0 Å². The molecule has 1 fully saturated rings. The number of nitrogens with zero attached hydrogens (tertiary/aromatic N) is 1. The van der Waals surface area contributed by atoms with Crippen molar-refractivity contribution in [1.29, 1.82) is 0 Å². The number of piperidine rings is 1. The van der Waals surface area contributed by atoms with Crippen LogP contribution in [-0.2, 0) is 32.2 Å². The molecule has 2 atom stereocenters. The minimum atomic E-state index is -0.937. The molecule has 2 aliphatic heterocycles. The van der Waals surface area contributed by atoms with Crippen LogP contribution < -0.4 is 16.0 Å². The van der Waals surface area contributed by atoms with Crippen molar-refractivity contribution in [1.82, 2.24) is 20.9 Å². The molecule has 0 spiro atoms. The van der Waals surface area contributed by atoms with Gasteiger partial charge in [0.25, 0.3) is 5.91 Å². The second-order valence-corrected chi connectivity index (χ2v) is 8.09. The zero-order valence-electron chi connectivity index (χ0n) is 18.5. The van der Waals surface area contributed by atoms with E-state index < -0.39 is 30.0 Å². The van der Waals surface area contributed by atoms with Crippen LogP contribution in [0.15, 0.2) is 48.5 Å². The third-order valence-corrected chi connectivity index (χ3v) is 5.90. The first-order valence-electron chi connectivity index (χ1n) is 10.8. The Hall–Kier alpha value is -4.21. The topological polar surface area (TPSA) is 134 Å². The number of carbonyl (C=O) groups excluding carboxylic acids is 5. The molecule has 176 valence electrons. The number of methoxy groups -OCH3 is 1. The standard InChI is InChI=1S/C24H24N4O6/c1-34-24(33)27-20(15-5-3-2-4-6-15)22(31)25-12-14-7-8-17-16(11-14)13-28(23(17)32)18-9-10-19(29)26-21(18)30/h2-8,11,18,20H,9-10,12-13H2,1H3,(H,25,31)(H,27,33)(H,26,29,30)/t18?,20-/m0/s1. The fourth-order valence-corrected chi connectivity index (χ4v) is 4.15. The Morgan fingerprint density at radius 3 is 2.62 bits per heavy atom. The zero-order valence-corrected chi connectivity index (χ0v) is 18.5. The summed E-state index contributed by atoms with van der Waals surface area (Å²) in [6, 6.07) is 12.4. The molecule has 0 aliphatic carbocycles. The molecule has 2 heterocycles. The highest BCUT2D eigenvalue weighted by Crippen LogP contribution is 2.28. The molecule has 2 aliphatic rings. The van der Waals surface area contributed by atoms with E-state index in [4.69, 9.17) is 0 Å². The Morgan fingerprint density at radius 2 is 1.91 bits per heavy atom. The highest BCUT2D eigenvalue weighted by molar-refractivity contribution is 6.05. The SMILES string of the molecule is COC(=O)N[C@H](C(=O)NCc1ccc2c(c1)CN(C1CCC(=O)NC1=O)C2=O)c1ccccc1. The molecule has 1 unspecified atom stereocenters. The number of amides is 5. The number of fused-ring (bicyclic) bond motifs is 1. The lowest BCUT2D eigenvalue weighted by molar-refractivity contribution is -0.137. The Labute approximate surface area is 195 Å². The molecule has 10 heteroatoms. The molecule has 10 nitrogen and oxygen atoms in total. The average molecular weight is 464 g/mol. The predicted molar refractivity (Wildman–Crippen MR) is 119 cm³/mol. The molecule has 2 aromatic rings. The van der Waals surface area contributed by atoms with Crippen LogP contribution in [0.5, 0.6) is 0 Å². The van der Waals surface area contributed by atoms with Gasteiger partial charge in [-0.2, -0.15) is 0 Å². The van der Waals surface area contributed by atoms with Crippen molar-refractivity contribution in [2.45, 2.75) is 38.0 Å². The van der Waals surface area contributed by atoms with Gasteiger partial charge in [-0.05, 0) is 29.2 Å². The lowest BCUT2D eigenvalue weighted by atomic mass is 10.0. The van der Waals surface area contributed by atoms with Crippen LogP contribution in [0.4, 0.5) is 4.79 Å². The van der Waals surface area contributed by atoms with Gasteiger partial charge >= 0.3 is 6.09 Å². The van der Waals surface area contributed by atoms with Gasteiger partial charge in [0.2, 0.25) is 17.7 Å². The Morgan fingerprint density at radius 1 is 1.15 bits per heavy atom. The number of benzene rings is 2. The lowest BCUT2D eigenvalue weighted by Gasteiger charge is -2.29. The van der Waals surface area contributed by atoms with Crippen molar-refractivity contribution in [3.8, 4) is 0 Å². The van der Waals surface area contributed by atoms with E-state index in [9.17, 15) is 24.0 Å². The van der Waals surface area contributed by atoms with Crippen LogP contribution in [0.2, 0.25) is 0 Å². The molecule has 5 amide bonds. The molecular weight excluding hydrogens is 440 g/mol. The van der Waals surface area contributed by atoms with Gasteiger partial charge in [-0.3, -0.25) is 24.5 Å². The number of hydrogen-bond acceptors (Lipinski definition) is 6. The third-order valence-electron chi connectivity index (χ3n) is 5.90. The van der Waals surface area contributed by atoms with E-state index in [1.807, 2.05) is 6.07 Å². The average Bonchev–Trinajstić information content (AvgIpc) is 3.16. The first-order chi connectivity index (χ1) is 16.4. The van der Waals surface area contributed by atoms with Crippen LogP contribution in [0.25, 0.3) is 0 Å². The summed E-state index contributed by atoms with van der Waals surface area (Å²) < 4.78 is 4.64. The molecule has 2 aromatic carbocycles. The monoisotopic (exact) mass is 464 g/mol. The molecule has 0 saturated carbocycles. The largest absolute Gasteiger partial charge is 0.453 e. The van der Waals surface area contributed by atoms with E-state index in [2.05, 4.69) is 20.7 Å². The van der Waals surface area contributed by atoms with E-state index in [0.29, 0.717) is 17.5 Å².